The number of carbonyl (C=O) groups is 2. The first kappa shape index (κ1) is 17.0. The van der Waals surface area contributed by atoms with Crippen molar-refractivity contribution in [3.63, 3.8) is 0 Å². The average Bonchev–Trinajstić information content (AvgIpc) is 3.39. The highest BCUT2D eigenvalue weighted by molar-refractivity contribution is 6.05. The number of esters is 1. The first-order valence-corrected chi connectivity index (χ1v) is 8.71. The number of likely N-dealkylation sites (tertiary alicyclic amines) is 1. The Kier molecular flexibility index (Phi) is 4.90. The van der Waals surface area contributed by atoms with Crippen LogP contribution in [-0.4, -0.2) is 43.0 Å². The Hall–Kier alpha value is -1.88. The Morgan fingerprint density at radius 3 is 2.58 bits per heavy atom. The van der Waals surface area contributed by atoms with Crippen molar-refractivity contribution in [3.8, 4) is 0 Å². The lowest BCUT2D eigenvalue weighted by molar-refractivity contribution is -0.152. The number of rotatable bonds is 5. The van der Waals surface area contributed by atoms with Gasteiger partial charge in [0.1, 0.15) is 5.41 Å². The van der Waals surface area contributed by atoms with Gasteiger partial charge in [-0.1, -0.05) is 37.3 Å². The first-order chi connectivity index (χ1) is 11.5. The highest BCUT2D eigenvalue weighted by atomic mass is 16.5. The summed E-state index contributed by atoms with van der Waals surface area (Å²) in [4.78, 5) is 26.7. The molecule has 1 saturated heterocycles. The molecule has 0 bridgehead atoms. The van der Waals surface area contributed by atoms with Crippen LogP contribution in [0.5, 0.6) is 0 Å². The molecule has 1 aliphatic heterocycles. The van der Waals surface area contributed by atoms with Gasteiger partial charge in [0.05, 0.1) is 7.11 Å². The van der Waals surface area contributed by atoms with Crippen LogP contribution in [0.25, 0.3) is 0 Å². The fraction of sp³-hybridized carbons (Fsp3) is 0.579. The SMILES string of the molecule is COC(=O)C1(C(=O)N[C@@H]2CCN(Cc3ccccc3)C[C@H]2C)CC1. The monoisotopic (exact) mass is 330 g/mol. The molecule has 24 heavy (non-hydrogen) atoms. The number of carbonyl (C=O) groups excluding carboxylic acids is 2. The molecule has 1 aromatic carbocycles. The smallest absolute Gasteiger partial charge is 0.321 e. The Morgan fingerprint density at radius 2 is 2.00 bits per heavy atom. The summed E-state index contributed by atoms with van der Waals surface area (Å²) in [6, 6.07) is 10.6. The lowest BCUT2D eigenvalue weighted by Crippen LogP contribution is -2.52. The molecule has 1 N–H and O–H groups in total. The van der Waals surface area contributed by atoms with Crippen LogP contribution in [0.3, 0.4) is 0 Å². The van der Waals surface area contributed by atoms with Crippen molar-refractivity contribution in [2.24, 2.45) is 11.3 Å². The van der Waals surface area contributed by atoms with Crippen LogP contribution >= 0.6 is 0 Å². The maximum absolute atomic E-state index is 12.5. The van der Waals surface area contributed by atoms with Gasteiger partial charge < -0.3 is 10.1 Å². The number of amides is 1. The maximum atomic E-state index is 12.5. The fourth-order valence-corrected chi connectivity index (χ4v) is 3.58. The highest BCUT2D eigenvalue weighted by Crippen LogP contribution is 2.47. The minimum Gasteiger partial charge on any atom is -0.468 e. The lowest BCUT2D eigenvalue weighted by atomic mass is 9.92. The van der Waals surface area contributed by atoms with E-state index in [0.717, 1.165) is 26.1 Å². The second kappa shape index (κ2) is 6.93. The Balaban J connectivity index is 1.53. The van der Waals surface area contributed by atoms with Crippen molar-refractivity contribution in [1.29, 1.82) is 0 Å². The number of ether oxygens (including phenoxy) is 1. The van der Waals surface area contributed by atoms with Crippen LogP contribution in [0.1, 0.15) is 31.7 Å². The third-order valence-corrected chi connectivity index (χ3v) is 5.32. The molecular formula is C19H26N2O3. The molecule has 3 rings (SSSR count). The summed E-state index contributed by atoms with van der Waals surface area (Å²) in [5.74, 6) is -0.184. The third-order valence-electron chi connectivity index (χ3n) is 5.32. The zero-order chi connectivity index (χ0) is 17.2. The summed E-state index contributed by atoms with van der Waals surface area (Å²) in [5, 5.41) is 3.10. The van der Waals surface area contributed by atoms with Crippen molar-refractivity contribution in [1.82, 2.24) is 10.2 Å². The minimum absolute atomic E-state index is 0.131. The van der Waals surface area contributed by atoms with Crippen LogP contribution in [0, 0.1) is 11.3 Å². The second-order valence-corrected chi connectivity index (χ2v) is 7.14. The molecule has 5 nitrogen and oxygen atoms in total. The van der Waals surface area contributed by atoms with E-state index in [1.807, 2.05) is 6.07 Å². The van der Waals surface area contributed by atoms with Gasteiger partial charge in [-0.25, -0.2) is 0 Å². The molecule has 130 valence electrons. The largest absolute Gasteiger partial charge is 0.468 e. The van der Waals surface area contributed by atoms with Gasteiger partial charge in [-0.2, -0.15) is 0 Å². The van der Waals surface area contributed by atoms with E-state index in [-0.39, 0.29) is 11.9 Å². The minimum atomic E-state index is -0.907. The third kappa shape index (κ3) is 3.46. The fourth-order valence-electron chi connectivity index (χ4n) is 3.58. The number of methoxy groups -OCH3 is 1. The van der Waals surface area contributed by atoms with E-state index in [0.29, 0.717) is 18.8 Å². The van der Waals surface area contributed by atoms with Gasteiger partial charge in [0.25, 0.3) is 0 Å². The average molecular weight is 330 g/mol. The molecule has 0 aromatic heterocycles. The molecule has 2 atom stereocenters. The van der Waals surface area contributed by atoms with E-state index in [4.69, 9.17) is 4.74 Å². The summed E-state index contributed by atoms with van der Waals surface area (Å²) in [7, 11) is 1.35. The Morgan fingerprint density at radius 1 is 1.29 bits per heavy atom. The van der Waals surface area contributed by atoms with E-state index in [9.17, 15) is 9.59 Å². The predicted molar refractivity (Wildman–Crippen MR) is 91.1 cm³/mol. The molecule has 1 saturated carbocycles. The quantitative estimate of drug-likeness (QED) is 0.662. The Labute approximate surface area is 143 Å². The number of nitrogens with one attached hydrogen (secondary N) is 1. The van der Waals surface area contributed by atoms with Crippen molar-refractivity contribution >= 4 is 11.9 Å². The van der Waals surface area contributed by atoms with E-state index >= 15 is 0 Å². The van der Waals surface area contributed by atoms with Gasteiger partial charge in [-0.05, 0) is 30.7 Å². The van der Waals surface area contributed by atoms with Crippen LogP contribution < -0.4 is 5.32 Å². The number of benzene rings is 1. The van der Waals surface area contributed by atoms with E-state index < -0.39 is 11.4 Å². The topological polar surface area (TPSA) is 58.6 Å². The molecule has 0 spiro atoms. The number of hydrogen-bond donors (Lipinski definition) is 1. The molecular weight excluding hydrogens is 304 g/mol. The summed E-state index contributed by atoms with van der Waals surface area (Å²) < 4.78 is 4.79. The van der Waals surface area contributed by atoms with E-state index in [1.165, 1.54) is 12.7 Å². The van der Waals surface area contributed by atoms with Crippen LogP contribution in [0.4, 0.5) is 0 Å². The van der Waals surface area contributed by atoms with E-state index in [1.54, 1.807) is 0 Å². The zero-order valence-electron chi connectivity index (χ0n) is 14.5. The van der Waals surface area contributed by atoms with Gasteiger partial charge in [0.15, 0.2) is 0 Å². The lowest BCUT2D eigenvalue weighted by Gasteiger charge is -2.37. The molecule has 0 radical (unpaired) electrons. The second-order valence-electron chi connectivity index (χ2n) is 7.14. The molecule has 2 aliphatic rings. The van der Waals surface area contributed by atoms with Crippen LogP contribution in [-0.2, 0) is 20.9 Å². The van der Waals surface area contributed by atoms with Gasteiger partial charge in [0, 0.05) is 25.7 Å². The molecule has 1 heterocycles. The molecule has 0 unspecified atom stereocenters. The molecule has 1 amide bonds. The van der Waals surface area contributed by atoms with Gasteiger partial charge in [-0.15, -0.1) is 0 Å². The van der Waals surface area contributed by atoms with Gasteiger partial charge >= 0.3 is 5.97 Å². The number of nitrogens with zero attached hydrogens (tertiary/aromatic N) is 1. The molecule has 1 aromatic rings. The van der Waals surface area contributed by atoms with Crippen molar-refractivity contribution in [2.45, 2.75) is 38.8 Å². The summed E-state index contributed by atoms with van der Waals surface area (Å²) in [6.07, 6.45) is 2.12. The standard InChI is InChI=1S/C19H26N2O3/c1-14-12-21(13-15-6-4-3-5-7-15)11-8-16(14)20-17(22)19(9-10-19)18(23)24-2/h3-7,14,16H,8-13H2,1-2H3,(H,20,22)/t14-,16-/m1/s1. The van der Waals surface area contributed by atoms with Crippen molar-refractivity contribution in [3.05, 3.63) is 35.9 Å². The first-order valence-electron chi connectivity index (χ1n) is 8.71. The van der Waals surface area contributed by atoms with E-state index in [2.05, 4.69) is 41.4 Å². The molecule has 1 aliphatic carbocycles. The summed E-state index contributed by atoms with van der Waals surface area (Å²) in [5.41, 5.74) is 0.408. The zero-order valence-corrected chi connectivity index (χ0v) is 14.5. The molecule has 2 fully saturated rings. The summed E-state index contributed by atoms with van der Waals surface area (Å²) >= 11 is 0. The highest BCUT2D eigenvalue weighted by Gasteiger charge is 2.58. The van der Waals surface area contributed by atoms with Crippen molar-refractivity contribution < 1.29 is 14.3 Å². The van der Waals surface area contributed by atoms with Crippen molar-refractivity contribution in [2.75, 3.05) is 20.2 Å². The van der Waals surface area contributed by atoms with Gasteiger partial charge in [0.2, 0.25) is 5.91 Å². The Bertz CT molecular complexity index is 598. The normalized spacial score (nSPS) is 25.8. The molecule has 5 heteroatoms. The number of hydrogen-bond acceptors (Lipinski definition) is 4. The predicted octanol–water partition coefficient (Wildman–Crippen LogP) is 1.97. The van der Waals surface area contributed by atoms with Crippen LogP contribution in [0.2, 0.25) is 0 Å². The maximum Gasteiger partial charge on any atom is 0.321 e. The van der Waals surface area contributed by atoms with Crippen LogP contribution in [0.15, 0.2) is 30.3 Å². The summed E-state index contributed by atoms with van der Waals surface area (Å²) in [6.45, 7) is 5.01. The number of piperidine rings is 1. The van der Waals surface area contributed by atoms with Gasteiger partial charge in [-0.3, -0.25) is 14.5 Å².